The predicted octanol–water partition coefficient (Wildman–Crippen LogP) is 3.45. The van der Waals surface area contributed by atoms with E-state index in [1.54, 1.807) is 19.1 Å². The maximum atomic E-state index is 12.0. The molecule has 0 amide bonds. The van der Waals surface area contributed by atoms with Crippen LogP contribution in [0.5, 0.6) is 5.75 Å². The van der Waals surface area contributed by atoms with Crippen LogP contribution in [0.15, 0.2) is 36.4 Å². The van der Waals surface area contributed by atoms with Crippen molar-refractivity contribution in [1.82, 2.24) is 4.98 Å². The number of nitrogens with zero attached hydrogens (tertiary/aromatic N) is 1. The first kappa shape index (κ1) is 14.3. The van der Waals surface area contributed by atoms with Crippen LogP contribution in [0, 0.1) is 6.92 Å². The van der Waals surface area contributed by atoms with Crippen molar-refractivity contribution in [3.05, 3.63) is 47.7 Å². The first-order valence-corrected chi connectivity index (χ1v) is 5.82. The lowest BCUT2D eigenvalue weighted by atomic mass is 10.1. The number of ether oxygens (including phenoxy) is 1. The molecule has 0 saturated carbocycles. The fourth-order valence-corrected chi connectivity index (χ4v) is 1.75. The highest BCUT2D eigenvalue weighted by Crippen LogP contribution is 2.26. The van der Waals surface area contributed by atoms with Crippen molar-refractivity contribution in [2.75, 3.05) is 0 Å². The van der Waals surface area contributed by atoms with Crippen molar-refractivity contribution in [3.8, 4) is 17.0 Å². The Hall–Kier alpha value is -2.08. The molecule has 2 aromatic rings. The Balaban J connectivity index is 2.24. The van der Waals surface area contributed by atoms with Crippen LogP contribution in [-0.4, -0.2) is 16.5 Å². The van der Waals surface area contributed by atoms with Crippen LogP contribution >= 0.6 is 0 Å². The van der Waals surface area contributed by atoms with Gasteiger partial charge in [0.1, 0.15) is 5.75 Å². The van der Waals surface area contributed by atoms with Crippen LogP contribution in [0.4, 0.5) is 13.2 Å². The number of pyridine rings is 1. The molecule has 1 N–H and O–H groups in total. The Labute approximate surface area is 113 Å². The van der Waals surface area contributed by atoms with Crippen LogP contribution in [0.2, 0.25) is 0 Å². The lowest BCUT2D eigenvalue weighted by molar-refractivity contribution is -0.274. The molecule has 0 spiro atoms. The number of hydrogen-bond acceptors (Lipinski definition) is 3. The first-order chi connectivity index (χ1) is 9.39. The van der Waals surface area contributed by atoms with E-state index in [0.29, 0.717) is 22.5 Å². The molecule has 20 heavy (non-hydrogen) atoms. The molecule has 0 radical (unpaired) electrons. The quantitative estimate of drug-likeness (QED) is 0.938. The van der Waals surface area contributed by atoms with E-state index in [0.717, 1.165) is 0 Å². The Kier molecular flexibility index (Phi) is 3.94. The lowest BCUT2D eigenvalue weighted by Crippen LogP contribution is -2.16. The third-order valence-electron chi connectivity index (χ3n) is 2.75. The van der Waals surface area contributed by atoms with Gasteiger partial charge >= 0.3 is 6.36 Å². The standard InChI is InChI=1S/C14H12F3NO2/c1-9-11(8-19)4-7-13(18-9)10-2-5-12(6-3-10)20-14(15,16)17/h2-7,19H,8H2,1H3. The molecule has 0 saturated heterocycles. The summed E-state index contributed by atoms with van der Waals surface area (Å²) in [6.45, 7) is 1.66. The molecule has 1 heterocycles. The van der Waals surface area contributed by atoms with Gasteiger partial charge in [0.05, 0.1) is 12.3 Å². The zero-order chi connectivity index (χ0) is 14.8. The smallest absolute Gasteiger partial charge is 0.406 e. The van der Waals surface area contributed by atoms with E-state index in [9.17, 15) is 13.2 Å². The Morgan fingerprint density at radius 1 is 1.10 bits per heavy atom. The largest absolute Gasteiger partial charge is 0.573 e. The van der Waals surface area contributed by atoms with E-state index < -0.39 is 6.36 Å². The lowest BCUT2D eigenvalue weighted by Gasteiger charge is -2.10. The van der Waals surface area contributed by atoms with Crippen molar-refractivity contribution in [1.29, 1.82) is 0 Å². The Morgan fingerprint density at radius 3 is 2.25 bits per heavy atom. The van der Waals surface area contributed by atoms with Gasteiger partial charge in [-0.3, -0.25) is 4.98 Å². The van der Waals surface area contributed by atoms with E-state index in [1.807, 2.05) is 0 Å². The molecule has 3 nitrogen and oxygen atoms in total. The molecular weight excluding hydrogens is 271 g/mol. The summed E-state index contributed by atoms with van der Waals surface area (Å²) in [6.07, 6.45) is -4.70. The summed E-state index contributed by atoms with van der Waals surface area (Å²) in [5.41, 5.74) is 2.69. The van der Waals surface area contributed by atoms with E-state index in [1.165, 1.54) is 24.3 Å². The highest BCUT2D eigenvalue weighted by Gasteiger charge is 2.30. The van der Waals surface area contributed by atoms with E-state index in [2.05, 4.69) is 9.72 Å². The van der Waals surface area contributed by atoms with E-state index >= 15 is 0 Å². The number of aromatic nitrogens is 1. The predicted molar refractivity (Wildman–Crippen MR) is 67.0 cm³/mol. The fourth-order valence-electron chi connectivity index (χ4n) is 1.75. The van der Waals surface area contributed by atoms with E-state index in [4.69, 9.17) is 5.11 Å². The monoisotopic (exact) mass is 283 g/mol. The van der Waals surface area contributed by atoms with Crippen LogP contribution in [0.1, 0.15) is 11.3 Å². The third kappa shape index (κ3) is 3.48. The zero-order valence-corrected chi connectivity index (χ0v) is 10.6. The molecule has 0 aliphatic heterocycles. The van der Waals surface area contributed by atoms with Crippen LogP contribution in [0.3, 0.4) is 0 Å². The molecule has 0 aliphatic rings. The average molecular weight is 283 g/mol. The van der Waals surface area contributed by atoms with Gasteiger partial charge in [-0.2, -0.15) is 0 Å². The van der Waals surface area contributed by atoms with Crippen molar-refractivity contribution < 1.29 is 23.0 Å². The number of hydrogen-bond donors (Lipinski definition) is 1. The molecular formula is C14H12F3NO2. The topological polar surface area (TPSA) is 42.4 Å². The molecule has 0 aliphatic carbocycles. The SMILES string of the molecule is Cc1nc(-c2ccc(OC(F)(F)F)cc2)ccc1CO. The first-order valence-electron chi connectivity index (χ1n) is 5.82. The van der Waals surface area contributed by atoms with Gasteiger partial charge < -0.3 is 9.84 Å². The number of aliphatic hydroxyl groups is 1. The van der Waals surface area contributed by atoms with Gasteiger partial charge in [-0.05, 0) is 42.8 Å². The molecule has 0 atom stereocenters. The second-order valence-corrected chi connectivity index (χ2v) is 4.17. The number of aliphatic hydroxyl groups excluding tert-OH is 1. The van der Waals surface area contributed by atoms with Gasteiger partial charge in [-0.15, -0.1) is 13.2 Å². The van der Waals surface area contributed by atoms with Crippen LogP contribution < -0.4 is 4.74 Å². The molecule has 0 unspecified atom stereocenters. The molecule has 1 aromatic carbocycles. The van der Waals surface area contributed by atoms with Crippen molar-refractivity contribution in [2.45, 2.75) is 19.9 Å². The molecule has 0 fully saturated rings. The summed E-state index contributed by atoms with van der Waals surface area (Å²) in [5.74, 6) is -0.273. The van der Waals surface area contributed by atoms with Crippen molar-refractivity contribution >= 4 is 0 Å². The molecule has 0 bridgehead atoms. The summed E-state index contributed by atoms with van der Waals surface area (Å²) in [7, 11) is 0. The summed E-state index contributed by atoms with van der Waals surface area (Å²) in [4.78, 5) is 4.30. The number of halogens is 3. The number of alkyl halides is 3. The minimum atomic E-state index is -4.70. The third-order valence-corrected chi connectivity index (χ3v) is 2.75. The van der Waals surface area contributed by atoms with Crippen molar-refractivity contribution in [2.24, 2.45) is 0 Å². The zero-order valence-electron chi connectivity index (χ0n) is 10.6. The van der Waals surface area contributed by atoms with Gasteiger partial charge in [0.15, 0.2) is 0 Å². The van der Waals surface area contributed by atoms with Crippen LogP contribution in [-0.2, 0) is 6.61 Å². The normalized spacial score (nSPS) is 11.4. The van der Waals surface area contributed by atoms with Crippen LogP contribution in [0.25, 0.3) is 11.3 Å². The maximum Gasteiger partial charge on any atom is 0.573 e. The second kappa shape index (κ2) is 5.50. The minimum Gasteiger partial charge on any atom is -0.406 e. The summed E-state index contributed by atoms with van der Waals surface area (Å²) >= 11 is 0. The molecule has 106 valence electrons. The second-order valence-electron chi connectivity index (χ2n) is 4.17. The molecule has 6 heteroatoms. The summed E-state index contributed by atoms with van der Waals surface area (Å²) < 4.78 is 39.9. The van der Waals surface area contributed by atoms with Gasteiger partial charge in [0.25, 0.3) is 0 Å². The highest BCUT2D eigenvalue weighted by molar-refractivity contribution is 5.60. The number of benzene rings is 1. The average Bonchev–Trinajstić information content (AvgIpc) is 2.37. The Bertz CT molecular complexity index is 594. The number of aryl methyl sites for hydroxylation is 1. The van der Waals surface area contributed by atoms with Gasteiger partial charge in [0.2, 0.25) is 0 Å². The van der Waals surface area contributed by atoms with Gasteiger partial charge in [0, 0.05) is 11.3 Å². The minimum absolute atomic E-state index is 0.0997. The van der Waals surface area contributed by atoms with Crippen molar-refractivity contribution in [3.63, 3.8) is 0 Å². The van der Waals surface area contributed by atoms with Gasteiger partial charge in [-0.25, -0.2) is 0 Å². The maximum absolute atomic E-state index is 12.0. The number of rotatable bonds is 3. The summed E-state index contributed by atoms with van der Waals surface area (Å²) in [5, 5.41) is 9.06. The fraction of sp³-hybridized carbons (Fsp3) is 0.214. The van der Waals surface area contributed by atoms with Gasteiger partial charge in [-0.1, -0.05) is 6.07 Å². The Morgan fingerprint density at radius 2 is 1.75 bits per heavy atom. The molecule has 2 rings (SSSR count). The molecule has 1 aromatic heterocycles. The highest BCUT2D eigenvalue weighted by atomic mass is 19.4. The van der Waals surface area contributed by atoms with E-state index in [-0.39, 0.29) is 12.4 Å². The summed E-state index contributed by atoms with van der Waals surface area (Å²) in [6, 6.07) is 8.92.